The third-order valence-corrected chi connectivity index (χ3v) is 3.86. The standard InChI is InChI=1S/C13H16ClNO2/c1-9-5-6-15(13(9)8-17)12-4-2-3-11(14)10(12)7-16/h2-4,7,9,13,17H,5-6,8H2,1H3. The van der Waals surface area contributed by atoms with E-state index in [1.54, 1.807) is 6.07 Å². The minimum absolute atomic E-state index is 0.0761. The van der Waals surface area contributed by atoms with Crippen molar-refractivity contribution in [2.75, 3.05) is 18.1 Å². The van der Waals surface area contributed by atoms with Crippen molar-refractivity contribution in [3.8, 4) is 0 Å². The van der Waals surface area contributed by atoms with Crippen LogP contribution in [-0.4, -0.2) is 30.6 Å². The summed E-state index contributed by atoms with van der Waals surface area (Å²) >= 11 is 6.01. The van der Waals surface area contributed by atoms with Gasteiger partial charge in [-0.2, -0.15) is 0 Å². The zero-order valence-corrected chi connectivity index (χ0v) is 10.5. The number of carbonyl (C=O) groups is 1. The molecule has 0 radical (unpaired) electrons. The summed E-state index contributed by atoms with van der Waals surface area (Å²) in [7, 11) is 0. The number of benzene rings is 1. The van der Waals surface area contributed by atoms with E-state index >= 15 is 0 Å². The molecule has 2 rings (SSSR count). The Morgan fingerprint density at radius 3 is 3.00 bits per heavy atom. The molecule has 0 aliphatic carbocycles. The summed E-state index contributed by atoms with van der Waals surface area (Å²) in [6.07, 6.45) is 1.81. The normalized spacial score (nSPS) is 24.1. The highest BCUT2D eigenvalue weighted by atomic mass is 35.5. The summed E-state index contributed by atoms with van der Waals surface area (Å²) < 4.78 is 0. The summed E-state index contributed by atoms with van der Waals surface area (Å²) in [5.74, 6) is 0.429. The monoisotopic (exact) mass is 253 g/mol. The summed E-state index contributed by atoms with van der Waals surface area (Å²) in [6.45, 7) is 3.07. The maximum atomic E-state index is 11.1. The lowest BCUT2D eigenvalue weighted by Crippen LogP contribution is -2.35. The van der Waals surface area contributed by atoms with E-state index in [-0.39, 0.29) is 12.6 Å². The zero-order chi connectivity index (χ0) is 12.4. The summed E-state index contributed by atoms with van der Waals surface area (Å²) in [5.41, 5.74) is 1.35. The Bertz CT molecular complexity index is 422. The lowest BCUT2D eigenvalue weighted by Gasteiger charge is -2.28. The number of aliphatic hydroxyl groups excluding tert-OH is 1. The largest absolute Gasteiger partial charge is 0.394 e. The Balaban J connectivity index is 2.40. The maximum Gasteiger partial charge on any atom is 0.153 e. The van der Waals surface area contributed by atoms with Crippen LogP contribution in [0.4, 0.5) is 5.69 Å². The van der Waals surface area contributed by atoms with E-state index in [1.807, 2.05) is 12.1 Å². The van der Waals surface area contributed by atoms with Crippen LogP contribution in [0.15, 0.2) is 18.2 Å². The maximum absolute atomic E-state index is 11.1. The molecule has 1 aromatic carbocycles. The molecular formula is C13H16ClNO2. The predicted octanol–water partition coefficient (Wildman–Crippen LogP) is 2.36. The Morgan fingerprint density at radius 2 is 2.35 bits per heavy atom. The molecule has 2 atom stereocenters. The molecule has 0 spiro atoms. The van der Waals surface area contributed by atoms with Crippen molar-refractivity contribution < 1.29 is 9.90 Å². The van der Waals surface area contributed by atoms with Crippen LogP contribution >= 0.6 is 11.6 Å². The first-order valence-electron chi connectivity index (χ1n) is 5.80. The third-order valence-electron chi connectivity index (χ3n) is 3.53. The number of hydrogen-bond acceptors (Lipinski definition) is 3. The Kier molecular flexibility index (Phi) is 3.69. The highest BCUT2D eigenvalue weighted by Gasteiger charge is 2.31. The van der Waals surface area contributed by atoms with E-state index in [0.717, 1.165) is 24.9 Å². The van der Waals surface area contributed by atoms with Gasteiger partial charge in [0.25, 0.3) is 0 Å². The van der Waals surface area contributed by atoms with Crippen LogP contribution in [0.25, 0.3) is 0 Å². The van der Waals surface area contributed by atoms with E-state index in [4.69, 9.17) is 11.6 Å². The minimum Gasteiger partial charge on any atom is -0.394 e. The minimum atomic E-state index is 0.0761. The second-order valence-electron chi connectivity index (χ2n) is 4.50. The molecule has 1 aliphatic heterocycles. The third kappa shape index (κ3) is 2.17. The van der Waals surface area contributed by atoms with E-state index in [0.29, 0.717) is 16.5 Å². The first-order chi connectivity index (χ1) is 8.19. The topological polar surface area (TPSA) is 40.5 Å². The van der Waals surface area contributed by atoms with Gasteiger partial charge in [-0.05, 0) is 24.5 Å². The summed E-state index contributed by atoms with van der Waals surface area (Å²) in [6, 6.07) is 5.51. The number of halogens is 1. The molecule has 0 aromatic heterocycles. The van der Waals surface area contributed by atoms with Crippen molar-refractivity contribution in [2.45, 2.75) is 19.4 Å². The molecule has 2 unspecified atom stereocenters. The van der Waals surface area contributed by atoms with Crippen molar-refractivity contribution in [1.29, 1.82) is 0 Å². The van der Waals surface area contributed by atoms with Gasteiger partial charge in [-0.1, -0.05) is 24.6 Å². The molecule has 3 nitrogen and oxygen atoms in total. The molecule has 0 saturated carbocycles. The molecule has 0 amide bonds. The van der Waals surface area contributed by atoms with Crippen molar-refractivity contribution in [2.24, 2.45) is 5.92 Å². The van der Waals surface area contributed by atoms with Crippen LogP contribution in [0.5, 0.6) is 0 Å². The second kappa shape index (κ2) is 5.07. The molecule has 1 aliphatic rings. The lowest BCUT2D eigenvalue weighted by molar-refractivity contribution is 0.112. The van der Waals surface area contributed by atoms with Crippen LogP contribution in [-0.2, 0) is 0 Å². The zero-order valence-electron chi connectivity index (χ0n) is 9.77. The van der Waals surface area contributed by atoms with Gasteiger partial charge in [0.1, 0.15) is 0 Å². The average molecular weight is 254 g/mol. The molecule has 1 saturated heterocycles. The van der Waals surface area contributed by atoms with Gasteiger partial charge in [0.15, 0.2) is 6.29 Å². The number of anilines is 1. The van der Waals surface area contributed by atoms with E-state index < -0.39 is 0 Å². The van der Waals surface area contributed by atoms with Gasteiger partial charge < -0.3 is 10.0 Å². The SMILES string of the molecule is CC1CCN(c2cccc(Cl)c2C=O)C1CO. The predicted molar refractivity (Wildman–Crippen MR) is 68.8 cm³/mol. The molecule has 1 heterocycles. The quantitative estimate of drug-likeness (QED) is 0.841. The van der Waals surface area contributed by atoms with Crippen molar-refractivity contribution >= 4 is 23.6 Å². The van der Waals surface area contributed by atoms with Gasteiger partial charge in [0.2, 0.25) is 0 Å². The highest BCUT2D eigenvalue weighted by molar-refractivity contribution is 6.33. The fourth-order valence-corrected chi connectivity index (χ4v) is 2.69. The van der Waals surface area contributed by atoms with Crippen LogP contribution in [0, 0.1) is 5.92 Å². The second-order valence-corrected chi connectivity index (χ2v) is 4.91. The number of nitrogens with zero attached hydrogens (tertiary/aromatic N) is 1. The Morgan fingerprint density at radius 1 is 1.59 bits per heavy atom. The fraction of sp³-hybridized carbons (Fsp3) is 0.462. The van der Waals surface area contributed by atoms with Gasteiger partial charge in [-0.15, -0.1) is 0 Å². The molecule has 1 aromatic rings. The van der Waals surface area contributed by atoms with E-state index in [9.17, 15) is 9.90 Å². The number of aldehydes is 1. The molecule has 92 valence electrons. The molecule has 1 fully saturated rings. The van der Waals surface area contributed by atoms with E-state index in [1.165, 1.54) is 0 Å². The number of aliphatic hydroxyl groups is 1. The Labute approximate surface area is 106 Å². The lowest BCUT2D eigenvalue weighted by atomic mass is 10.0. The van der Waals surface area contributed by atoms with Crippen LogP contribution in [0.2, 0.25) is 5.02 Å². The highest BCUT2D eigenvalue weighted by Crippen LogP contribution is 2.33. The molecule has 17 heavy (non-hydrogen) atoms. The van der Waals surface area contributed by atoms with E-state index in [2.05, 4.69) is 11.8 Å². The Hall–Kier alpha value is -1.06. The molecule has 1 N–H and O–H groups in total. The molecule has 0 bridgehead atoms. The van der Waals surface area contributed by atoms with Crippen LogP contribution in [0.1, 0.15) is 23.7 Å². The van der Waals surface area contributed by atoms with Crippen LogP contribution in [0.3, 0.4) is 0 Å². The first kappa shape index (κ1) is 12.4. The first-order valence-corrected chi connectivity index (χ1v) is 6.18. The molecular weight excluding hydrogens is 238 g/mol. The number of carbonyl (C=O) groups excluding carboxylic acids is 1. The summed E-state index contributed by atoms with van der Waals surface area (Å²) in [5, 5.41) is 9.90. The van der Waals surface area contributed by atoms with Gasteiger partial charge in [0, 0.05) is 12.2 Å². The van der Waals surface area contributed by atoms with Crippen molar-refractivity contribution in [3.05, 3.63) is 28.8 Å². The van der Waals surface area contributed by atoms with Gasteiger partial charge in [0.05, 0.1) is 23.2 Å². The average Bonchev–Trinajstić information content (AvgIpc) is 2.69. The van der Waals surface area contributed by atoms with Crippen LogP contribution < -0.4 is 4.90 Å². The van der Waals surface area contributed by atoms with Gasteiger partial charge in [-0.25, -0.2) is 0 Å². The summed E-state index contributed by atoms with van der Waals surface area (Å²) in [4.78, 5) is 13.2. The molecule has 4 heteroatoms. The van der Waals surface area contributed by atoms with Crippen molar-refractivity contribution in [1.82, 2.24) is 0 Å². The number of rotatable bonds is 3. The fourth-order valence-electron chi connectivity index (χ4n) is 2.48. The van der Waals surface area contributed by atoms with Gasteiger partial charge >= 0.3 is 0 Å². The van der Waals surface area contributed by atoms with Gasteiger partial charge in [-0.3, -0.25) is 4.79 Å². The van der Waals surface area contributed by atoms with Crippen molar-refractivity contribution in [3.63, 3.8) is 0 Å². The smallest absolute Gasteiger partial charge is 0.153 e. The number of hydrogen-bond donors (Lipinski definition) is 1.